The highest BCUT2D eigenvalue weighted by molar-refractivity contribution is 6.33. The Hall–Kier alpha value is -3.06. The maximum absolute atomic E-state index is 6.61. The highest BCUT2D eigenvalue weighted by atomic mass is 35.5. The molecule has 6 rings (SSSR count). The van der Waals surface area contributed by atoms with Gasteiger partial charge in [0, 0.05) is 21.9 Å². The van der Waals surface area contributed by atoms with Crippen LogP contribution in [0.15, 0.2) is 107 Å². The molecule has 2 unspecified atom stereocenters. The van der Waals surface area contributed by atoms with Gasteiger partial charge in [-0.15, -0.1) is 0 Å². The minimum atomic E-state index is 0.126. The second-order valence-corrected chi connectivity index (χ2v) is 9.30. The molecule has 2 heteroatoms. The lowest BCUT2D eigenvalue weighted by Gasteiger charge is -2.16. The molecular formula is C30H20Cl2. The largest absolute Gasteiger partial charge is 0.0881 e. The van der Waals surface area contributed by atoms with Crippen LogP contribution >= 0.6 is 23.2 Å². The Morgan fingerprint density at radius 2 is 0.812 bits per heavy atom. The molecule has 0 heterocycles. The number of allylic oxidation sites excluding steroid dienone is 2. The normalized spacial score (nSPS) is 18.7. The number of hydrogen-bond acceptors (Lipinski definition) is 0. The molecule has 0 fully saturated rings. The van der Waals surface area contributed by atoms with E-state index < -0.39 is 0 Å². The lowest BCUT2D eigenvalue weighted by molar-refractivity contribution is 1.03. The highest BCUT2D eigenvalue weighted by Gasteiger charge is 2.26. The first-order valence-electron chi connectivity index (χ1n) is 10.8. The first kappa shape index (κ1) is 19.6. The minimum Gasteiger partial charge on any atom is -0.0881 e. The minimum absolute atomic E-state index is 0.126. The van der Waals surface area contributed by atoms with Gasteiger partial charge in [0.2, 0.25) is 0 Å². The Morgan fingerprint density at radius 3 is 1.22 bits per heavy atom. The van der Waals surface area contributed by atoms with Gasteiger partial charge in [-0.05, 0) is 56.7 Å². The van der Waals surface area contributed by atoms with Gasteiger partial charge in [0.25, 0.3) is 0 Å². The van der Waals surface area contributed by atoms with Crippen LogP contribution in [0.4, 0.5) is 0 Å². The summed E-state index contributed by atoms with van der Waals surface area (Å²) in [6.45, 7) is 0. The van der Waals surface area contributed by atoms with Crippen molar-refractivity contribution in [2.75, 3.05) is 0 Å². The Morgan fingerprint density at radius 1 is 0.438 bits per heavy atom. The van der Waals surface area contributed by atoms with Crippen molar-refractivity contribution in [3.63, 3.8) is 0 Å². The van der Waals surface area contributed by atoms with Gasteiger partial charge in [0.15, 0.2) is 0 Å². The Bertz CT molecular complexity index is 1270. The number of fused-ring (bicyclic) bond motifs is 2. The van der Waals surface area contributed by atoms with Gasteiger partial charge in [-0.25, -0.2) is 0 Å². The van der Waals surface area contributed by atoms with Crippen LogP contribution in [-0.4, -0.2) is 0 Å². The monoisotopic (exact) mass is 450 g/mol. The van der Waals surface area contributed by atoms with Crippen molar-refractivity contribution in [3.8, 4) is 11.1 Å². The first-order chi connectivity index (χ1) is 15.7. The summed E-state index contributed by atoms with van der Waals surface area (Å²) in [5.41, 5.74) is 9.80. The van der Waals surface area contributed by atoms with E-state index in [9.17, 15) is 0 Å². The predicted molar refractivity (Wildman–Crippen MR) is 136 cm³/mol. The second-order valence-electron chi connectivity index (χ2n) is 8.43. The lowest BCUT2D eigenvalue weighted by atomic mass is 9.90. The maximum Gasteiger partial charge on any atom is 0.0453 e. The van der Waals surface area contributed by atoms with Crippen molar-refractivity contribution in [3.05, 3.63) is 141 Å². The first-order valence-corrected chi connectivity index (χ1v) is 11.6. The van der Waals surface area contributed by atoms with E-state index in [1.54, 1.807) is 0 Å². The molecule has 154 valence electrons. The molecule has 0 amide bonds. The fourth-order valence-corrected chi connectivity index (χ4v) is 5.71. The van der Waals surface area contributed by atoms with Crippen LogP contribution in [0.25, 0.3) is 23.3 Å². The zero-order valence-electron chi connectivity index (χ0n) is 17.3. The van der Waals surface area contributed by atoms with Crippen molar-refractivity contribution in [1.82, 2.24) is 0 Å². The average Bonchev–Trinajstić information content (AvgIpc) is 3.34. The standard InChI is InChI=1S/C30H20Cl2/c31-27-17-23-5-1-3-7-25(23)29(27)21-13-9-19(10-14-21)20-11-15-22(16-12-20)30-26-8-4-2-6-24(26)18-28(30)32/h1-18,29-30H. The Labute approximate surface area is 198 Å². The van der Waals surface area contributed by atoms with Crippen LogP contribution in [-0.2, 0) is 0 Å². The molecule has 0 saturated carbocycles. The van der Waals surface area contributed by atoms with Gasteiger partial charge in [0.1, 0.15) is 0 Å². The third-order valence-corrected chi connectivity index (χ3v) is 7.23. The summed E-state index contributed by atoms with van der Waals surface area (Å²) < 4.78 is 0. The molecule has 4 aromatic rings. The molecule has 0 aromatic heterocycles. The molecular weight excluding hydrogens is 431 g/mol. The van der Waals surface area contributed by atoms with E-state index in [0.29, 0.717) is 0 Å². The highest BCUT2D eigenvalue weighted by Crippen LogP contribution is 2.44. The van der Waals surface area contributed by atoms with Crippen molar-refractivity contribution in [2.45, 2.75) is 11.8 Å². The molecule has 2 aliphatic carbocycles. The van der Waals surface area contributed by atoms with Gasteiger partial charge in [-0.2, -0.15) is 0 Å². The van der Waals surface area contributed by atoms with Crippen LogP contribution in [0.5, 0.6) is 0 Å². The third kappa shape index (κ3) is 3.23. The molecule has 4 aromatic carbocycles. The SMILES string of the molecule is ClC1=Cc2ccccc2C1c1ccc(-c2ccc(C3C(Cl)=Cc4ccccc43)cc2)cc1. The zero-order chi connectivity index (χ0) is 21.7. The second kappa shape index (κ2) is 7.81. The molecule has 0 bridgehead atoms. The van der Waals surface area contributed by atoms with Crippen molar-refractivity contribution < 1.29 is 0 Å². The summed E-state index contributed by atoms with van der Waals surface area (Å²) in [5.74, 6) is 0.251. The topological polar surface area (TPSA) is 0 Å². The fourth-order valence-electron chi connectivity index (χ4n) is 4.98. The van der Waals surface area contributed by atoms with Gasteiger partial charge >= 0.3 is 0 Å². The Balaban J connectivity index is 1.27. The fraction of sp³-hybridized carbons (Fsp3) is 0.0667. The van der Waals surface area contributed by atoms with Crippen LogP contribution < -0.4 is 0 Å². The number of rotatable bonds is 3. The average molecular weight is 451 g/mol. The molecule has 0 aliphatic heterocycles. The Kier molecular flexibility index (Phi) is 4.79. The quantitative estimate of drug-likeness (QED) is 0.292. The third-order valence-electron chi connectivity index (χ3n) is 6.57. The lowest BCUT2D eigenvalue weighted by Crippen LogP contribution is -1.99. The van der Waals surface area contributed by atoms with E-state index in [4.69, 9.17) is 23.2 Å². The van der Waals surface area contributed by atoms with E-state index in [2.05, 4.69) is 109 Å². The summed E-state index contributed by atoms with van der Waals surface area (Å²) in [4.78, 5) is 0. The molecule has 2 aliphatic rings. The van der Waals surface area contributed by atoms with Crippen molar-refractivity contribution >= 4 is 35.4 Å². The van der Waals surface area contributed by atoms with Gasteiger partial charge in [-0.1, -0.05) is 120 Å². The van der Waals surface area contributed by atoms with Gasteiger partial charge in [0.05, 0.1) is 0 Å². The van der Waals surface area contributed by atoms with E-state index in [0.717, 1.165) is 10.1 Å². The number of halogens is 2. The summed E-state index contributed by atoms with van der Waals surface area (Å²) in [7, 11) is 0. The number of benzene rings is 4. The summed E-state index contributed by atoms with van der Waals surface area (Å²) in [6, 6.07) is 34.4. The summed E-state index contributed by atoms with van der Waals surface area (Å²) in [5, 5.41) is 1.76. The van der Waals surface area contributed by atoms with Gasteiger partial charge < -0.3 is 0 Å². The van der Waals surface area contributed by atoms with E-state index in [1.165, 1.54) is 44.5 Å². The smallest absolute Gasteiger partial charge is 0.0453 e. The van der Waals surface area contributed by atoms with Gasteiger partial charge in [-0.3, -0.25) is 0 Å². The van der Waals surface area contributed by atoms with Crippen LogP contribution in [0.3, 0.4) is 0 Å². The van der Waals surface area contributed by atoms with Crippen molar-refractivity contribution in [2.24, 2.45) is 0 Å². The molecule has 0 N–H and O–H groups in total. The van der Waals surface area contributed by atoms with Crippen LogP contribution in [0.1, 0.15) is 45.2 Å². The zero-order valence-corrected chi connectivity index (χ0v) is 18.8. The van der Waals surface area contributed by atoms with E-state index in [1.807, 2.05) is 0 Å². The molecule has 0 radical (unpaired) electrons. The predicted octanol–water partition coefficient (Wildman–Crippen LogP) is 8.80. The summed E-state index contributed by atoms with van der Waals surface area (Å²) in [6.07, 6.45) is 4.16. The molecule has 0 nitrogen and oxygen atoms in total. The molecule has 32 heavy (non-hydrogen) atoms. The van der Waals surface area contributed by atoms with Crippen molar-refractivity contribution in [1.29, 1.82) is 0 Å². The summed E-state index contributed by atoms with van der Waals surface area (Å²) >= 11 is 13.2. The van der Waals surface area contributed by atoms with E-state index in [-0.39, 0.29) is 11.8 Å². The molecule has 0 saturated heterocycles. The maximum atomic E-state index is 6.61. The van der Waals surface area contributed by atoms with Crippen LogP contribution in [0, 0.1) is 0 Å². The van der Waals surface area contributed by atoms with E-state index >= 15 is 0 Å². The van der Waals surface area contributed by atoms with Crippen LogP contribution in [0.2, 0.25) is 0 Å². The molecule has 0 spiro atoms. The number of hydrogen-bond donors (Lipinski definition) is 0. The molecule has 2 atom stereocenters.